The van der Waals surface area contributed by atoms with Crippen molar-refractivity contribution in [3.05, 3.63) is 185 Å². The first-order valence-corrected chi connectivity index (χ1v) is 21.4. The number of anilines is 2. The zero-order chi connectivity index (χ0) is 54.8. The van der Waals surface area contributed by atoms with E-state index in [0.29, 0.717) is 48.9 Å². The van der Waals surface area contributed by atoms with Crippen LogP contribution in [-0.2, 0) is 30.2 Å². The van der Waals surface area contributed by atoms with Gasteiger partial charge in [0, 0.05) is 16.5 Å². The summed E-state index contributed by atoms with van der Waals surface area (Å²) in [6, 6.07) is 26.7. The Kier molecular flexibility index (Phi) is 7.04. The average Bonchev–Trinajstić information content (AvgIpc) is 4.13. The monoisotopic (exact) mass is 1010 g/mol. The van der Waals surface area contributed by atoms with Crippen LogP contribution in [0.4, 0.5) is 11.5 Å². The number of hydrogen-bond acceptors (Lipinski definition) is 4. The van der Waals surface area contributed by atoms with Crippen molar-refractivity contribution in [1.82, 2.24) is 23.8 Å². The van der Waals surface area contributed by atoms with Crippen molar-refractivity contribution < 1.29 is 41.9 Å². The summed E-state index contributed by atoms with van der Waals surface area (Å²) in [5, 5.41) is 4.47. The number of pyridine rings is 1. The zero-order valence-corrected chi connectivity index (χ0v) is 37.5. The molecule has 4 heterocycles. The number of para-hydroxylation sites is 2. The second kappa shape index (κ2) is 15.7. The maximum atomic E-state index is 9.28. The van der Waals surface area contributed by atoms with Crippen LogP contribution in [0.1, 0.15) is 70.5 Å². The Morgan fingerprint density at radius 1 is 0.667 bits per heavy atom. The van der Waals surface area contributed by atoms with Gasteiger partial charge in [0.15, 0.2) is 0 Å². The Bertz CT molecular complexity index is 3800. The molecule has 9 heteroatoms. The Balaban J connectivity index is 1.19. The molecule has 0 N–H and O–H groups in total. The van der Waals surface area contributed by atoms with E-state index in [2.05, 4.69) is 62.3 Å². The zero-order valence-electron chi connectivity index (χ0n) is 48.2. The van der Waals surface area contributed by atoms with Crippen LogP contribution in [-0.4, -0.2) is 30.8 Å². The predicted octanol–water partition coefficient (Wildman–Crippen LogP) is 13.2. The van der Waals surface area contributed by atoms with E-state index in [4.69, 9.17) is 17.1 Å². The number of imidazole rings is 1. The molecular weight excluding hydrogens is 955 g/mol. The van der Waals surface area contributed by atoms with E-state index in [1.54, 1.807) is 58.2 Å². The van der Waals surface area contributed by atoms with E-state index in [1.807, 2.05) is 73.9 Å². The molecule has 0 spiro atoms. The van der Waals surface area contributed by atoms with E-state index in [0.717, 1.165) is 5.56 Å². The van der Waals surface area contributed by atoms with Crippen LogP contribution in [0.5, 0.6) is 11.5 Å². The van der Waals surface area contributed by atoms with Crippen LogP contribution in [0.3, 0.4) is 0 Å². The topological polar surface area (TPSA) is 53.0 Å². The van der Waals surface area contributed by atoms with Gasteiger partial charge in [-0.2, -0.15) is 5.10 Å². The number of nitrogens with zero attached hydrogens (tertiary/aromatic N) is 6. The Labute approximate surface area is 399 Å². The molecule has 0 saturated carbocycles. The number of ether oxygens (including phenoxy) is 1. The summed E-state index contributed by atoms with van der Waals surface area (Å²) in [5.41, 5.74) is 4.15. The summed E-state index contributed by atoms with van der Waals surface area (Å²) in [7, 11) is 0. The molecular formula is C54H47BN6OPt-2. The number of rotatable bonds is 7. The first kappa shape index (κ1) is 28.2. The van der Waals surface area contributed by atoms with Crippen molar-refractivity contribution in [2.45, 2.75) is 59.1 Å². The molecule has 3 aromatic heterocycles. The van der Waals surface area contributed by atoms with Gasteiger partial charge in [0.1, 0.15) is 0 Å². The van der Waals surface area contributed by atoms with E-state index in [1.165, 1.54) is 4.59 Å². The maximum absolute atomic E-state index is 9.28. The molecule has 10 rings (SSSR count). The van der Waals surface area contributed by atoms with Gasteiger partial charge in [-0.25, -0.2) is 0 Å². The van der Waals surface area contributed by atoms with Gasteiger partial charge in [-0.15, -0.1) is 0 Å². The Hall–Kier alpha value is -6.50. The van der Waals surface area contributed by atoms with Crippen molar-refractivity contribution in [1.29, 1.82) is 0 Å². The van der Waals surface area contributed by atoms with Gasteiger partial charge in [-0.3, -0.25) is 0 Å². The molecule has 0 atom stereocenters. The first-order valence-electron chi connectivity index (χ1n) is 26.8. The summed E-state index contributed by atoms with van der Waals surface area (Å²) in [6.07, 6.45) is 3.23. The standard InChI is InChI=1S/C54H47BN6O.Pt/c1-53(2,3)39-27-29-56-51(33-39)60-50-35-43(25-26-44(50)47-28-30-57-61(47)55(60)7)62-42-22-16-21-41(34-42)58-36-59(49-24-15-14-23-48(49)58)52-45(37-17-10-8-11-18-37)31-40(54(4,5)6)32-46(52)38-19-12-9-13-20-38;/h8-33H,1-7H3;/q-2;/i7D3,8D,9D,10D,11D,12D,13D,17D,18D,19D,20D;. The fourth-order valence-electron chi connectivity index (χ4n) is 7.89. The molecule has 0 amide bonds. The SMILES string of the molecule is [2H]c1c([2H])c([2H])c(-c2cc(C(C)(C)C)cc(-c3c([2H])c([2H])c([2H])c([2H])c3[2H])c2-n2[c](=[Pt])n(-c3[c-]c(Oc4[c-]c5c(cc4)-c4ccnn4B(C([2H])([2H])[2H])N5c4cc(C(C)(C)C)ccn4)ccc3)c3ccccc32)c([2H])c1[2H]. The second-order valence-electron chi connectivity index (χ2n) is 17.2. The second-order valence-corrected chi connectivity index (χ2v) is 18.2. The molecule has 63 heavy (non-hydrogen) atoms. The van der Waals surface area contributed by atoms with Gasteiger partial charge >= 0.3 is 341 Å². The number of hydrogen-bond donors (Lipinski definition) is 0. The third kappa shape index (κ3) is 7.30. The molecule has 314 valence electrons. The van der Waals surface area contributed by atoms with Crippen LogP contribution in [0.25, 0.3) is 55.9 Å². The van der Waals surface area contributed by atoms with Crippen LogP contribution in [0, 0.1) is 15.9 Å². The van der Waals surface area contributed by atoms with E-state index >= 15 is 0 Å². The van der Waals surface area contributed by atoms with Gasteiger partial charge in [-0.05, 0) is 17.0 Å². The summed E-state index contributed by atoms with van der Waals surface area (Å²) >= 11 is 2.13. The van der Waals surface area contributed by atoms with Crippen LogP contribution >= 0.6 is 0 Å². The Morgan fingerprint density at radius 2 is 1.32 bits per heavy atom. The third-order valence-corrected chi connectivity index (χ3v) is 12.1. The molecule has 0 bridgehead atoms. The molecule has 7 nitrogen and oxygen atoms in total. The molecule has 1 aliphatic rings. The minimum atomic E-state index is -2.57. The van der Waals surface area contributed by atoms with Crippen LogP contribution < -0.4 is 9.55 Å². The molecule has 0 radical (unpaired) electrons. The summed E-state index contributed by atoms with van der Waals surface area (Å²) in [5.74, 6) is 0.892. The molecule has 0 aliphatic carbocycles. The predicted molar refractivity (Wildman–Crippen MR) is 253 cm³/mol. The normalized spacial score (nSPS) is 15.8. The number of aromatic nitrogens is 5. The Morgan fingerprint density at radius 3 is 1.97 bits per heavy atom. The third-order valence-electron chi connectivity index (χ3n) is 11.1. The van der Waals surface area contributed by atoms with Crippen molar-refractivity contribution in [2.75, 3.05) is 4.81 Å². The fraction of sp³-hybridized carbons (Fsp3) is 0.167. The minimum absolute atomic E-state index is 0.143. The van der Waals surface area contributed by atoms with Gasteiger partial charge < -0.3 is 0 Å². The fourth-order valence-corrected chi connectivity index (χ4v) is 8.96. The molecule has 9 aromatic rings. The van der Waals surface area contributed by atoms with Crippen molar-refractivity contribution >= 4 is 29.5 Å². The van der Waals surface area contributed by atoms with Crippen LogP contribution in [0.15, 0.2) is 158 Å². The first-order chi connectivity index (χ1) is 35.7. The van der Waals surface area contributed by atoms with E-state index in [9.17, 15) is 5.48 Å². The molecule has 0 fully saturated rings. The number of benzene rings is 6. The van der Waals surface area contributed by atoms with E-state index < -0.39 is 79.6 Å². The molecule has 6 aromatic carbocycles. The van der Waals surface area contributed by atoms with Crippen molar-refractivity contribution in [3.8, 4) is 56.4 Å². The summed E-state index contributed by atoms with van der Waals surface area (Å²) in [6.45, 7) is 8.13. The van der Waals surface area contributed by atoms with Gasteiger partial charge in [0.05, 0.1) is 0 Å². The van der Waals surface area contributed by atoms with Crippen molar-refractivity contribution in [3.63, 3.8) is 0 Å². The van der Waals surface area contributed by atoms with Crippen molar-refractivity contribution in [2.24, 2.45) is 0 Å². The number of fused-ring (bicyclic) bond motifs is 4. The molecule has 1 aliphatic heterocycles. The van der Waals surface area contributed by atoms with E-state index in [-0.39, 0.29) is 44.9 Å². The summed E-state index contributed by atoms with van der Waals surface area (Å²) in [4.78, 5) is 6.32. The quantitative estimate of drug-likeness (QED) is 0.118. The van der Waals surface area contributed by atoms with Gasteiger partial charge in [0.2, 0.25) is 0 Å². The molecule has 0 saturated heterocycles. The summed E-state index contributed by atoms with van der Waals surface area (Å²) < 4.78 is 128. The van der Waals surface area contributed by atoms with Crippen LogP contribution in [0.2, 0.25) is 6.75 Å². The van der Waals surface area contributed by atoms with Gasteiger partial charge in [0.25, 0.3) is 0 Å². The molecule has 0 unspecified atom stereocenters. The van der Waals surface area contributed by atoms with Gasteiger partial charge in [-0.1, -0.05) is 20.8 Å². The average molecular weight is 1010 g/mol.